The molecule has 3 nitrogen and oxygen atoms in total. The molecule has 4 heteroatoms. The number of nitrogens with zero attached hydrogens (tertiary/aromatic N) is 1. The van der Waals surface area contributed by atoms with Crippen molar-refractivity contribution in [3.63, 3.8) is 0 Å². The molecule has 0 fully saturated rings. The maximum Gasteiger partial charge on any atom is 0.225 e. The smallest absolute Gasteiger partial charge is 0.225 e. The number of ketones is 1. The molecule has 6 aromatic rings. The Morgan fingerprint density at radius 1 is 0.522 bits per heavy atom. The van der Waals surface area contributed by atoms with E-state index in [2.05, 4.69) is 72.8 Å². The zero-order chi connectivity index (χ0) is 31.2. The van der Waals surface area contributed by atoms with Crippen molar-refractivity contribution >= 4 is 51.2 Å². The second-order valence-electron chi connectivity index (χ2n) is 11.0. The Hall–Kier alpha value is -5.50. The number of carbonyl (C=O) groups is 1. The van der Waals surface area contributed by atoms with E-state index in [-0.39, 0.29) is 5.78 Å². The van der Waals surface area contributed by atoms with Crippen LogP contribution in [-0.4, -0.2) is 17.0 Å². The number of allylic oxidation sites excluding steroid dienone is 1. The van der Waals surface area contributed by atoms with Gasteiger partial charge in [0.2, 0.25) is 5.90 Å². The minimum atomic E-state index is -2.77. The maximum atomic E-state index is 15.0. The molecule has 46 heavy (non-hydrogen) atoms. The van der Waals surface area contributed by atoms with Gasteiger partial charge in [-0.25, -0.2) is 4.99 Å². The second kappa shape index (κ2) is 13.2. The molecule has 0 saturated heterocycles. The first kappa shape index (κ1) is 29.2. The van der Waals surface area contributed by atoms with Gasteiger partial charge in [0.1, 0.15) is 5.76 Å². The normalized spacial score (nSPS) is 15.6. The molecule has 0 bridgehead atoms. The van der Waals surface area contributed by atoms with E-state index in [1.54, 1.807) is 0 Å². The third-order valence-corrected chi connectivity index (χ3v) is 12.6. The quantitative estimate of drug-likeness (QED) is 0.134. The van der Waals surface area contributed by atoms with Crippen LogP contribution in [0.2, 0.25) is 0 Å². The van der Waals surface area contributed by atoms with Gasteiger partial charge in [0.25, 0.3) is 0 Å². The van der Waals surface area contributed by atoms with Crippen molar-refractivity contribution in [2.45, 2.75) is 0 Å². The fraction of sp³-hybridized carbons (Fsp3) is 0.0238. The summed E-state index contributed by atoms with van der Waals surface area (Å²) in [6, 6.07) is 61.0. The summed E-state index contributed by atoms with van der Waals surface area (Å²) in [7, 11) is 0. The van der Waals surface area contributed by atoms with Crippen molar-refractivity contribution < 1.29 is 9.53 Å². The van der Waals surface area contributed by atoms with Gasteiger partial charge in [-0.05, 0) is 41.0 Å². The predicted octanol–water partition coefficient (Wildman–Crippen LogP) is 8.45. The maximum absolute atomic E-state index is 15.0. The molecule has 1 heterocycles. The van der Waals surface area contributed by atoms with Crippen LogP contribution in [0.3, 0.4) is 0 Å². The summed E-state index contributed by atoms with van der Waals surface area (Å²) in [6.45, 7) is -2.77. The SMILES string of the molecule is O=C(c1ccccc1)C1C=C(c2ccccc2)OC(=Nc2ccccc2)C1=P(c1ccccc1)(c1ccccc1)c1ccccc1. The third kappa shape index (κ3) is 5.58. The summed E-state index contributed by atoms with van der Waals surface area (Å²) >= 11 is 0. The van der Waals surface area contributed by atoms with Crippen LogP contribution in [0.5, 0.6) is 0 Å². The lowest BCUT2D eigenvalue weighted by atomic mass is 9.91. The summed E-state index contributed by atoms with van der Waals surface area (Å²) in [5.74, 6) is 0.398. The monoisotopic (exact) mass is 613 g/mol. The largest absolute Gasteiger partial charge is 0.438 e. The van der Waals surface area contributed by atoms with Gasteiger partial charge in [0, 0.05) is 16.4 Å². The first-order valence-electron chi connectivity index (χ1n) is 15.4. The van der Waals surface area contributed by atoms with E-state index >= 15 is 0 Å². The number of benzene rings is 6. The number of aliphatic imine (C=N–C) groups is 1. The Bertz CT molecular complexity index is 1950. The minimum absolute atomic E-state index is 0.000242. The summed E-state index contributed by atoms with van der Waals surface area (Å²) < 4.78 is 6.93. The van der Waals surface area contributed by atoms with Gasteiger partial charge in [-0.2, -0.15) is 0 Å². The highest BCUT2D eigenvalue weighted by molar-refractivity contribution is 7.96. The number of ether oxygens (including phenoxy) is 1. The van der Waals surface area contributed by atoms with Gasteiger partial charge in [0.05, 0.1) is 11.6 Å². The first-order valence-corrected chi connectivity index (χ1v) is 17.2. The van der Waals surface area contributed by atoms with Crippen LogP contribution >= 0.6 is 6.89 Å². The predicted molar refractivity (Wildman–Crippen MR) is 193 cm³/mol. The van der Waals surface area contributed by atoms with Crippen molar-refractivity contribution in [1.82, 2.24) is 0 Å². The van der Waals surface area contributed by atoms with Gasteiger partial charge in [0.15, 0.2) is 5.78 Å². The number of carbonyl (C=O) groups excluding carboxylic acids is 1. The molecule has 1 atom stereocenters. The fourth-order valence-corrected chi connectivity index (χ4v) is 10.7. The zero-order valence-corrected chi connectivity index (χ0v) is 26.1. The number of Topliss-reactive ketones (excluding diaryl/α,β-unsaturated/α-hetero) is 1. The molecule has 0 saturated carbocycles. The highest BCUT2D eigenvalue weighted by atomic mass is 31.2. The second-order valence-corrected chi connectivity index (χ2v) is 14.4. The highest BCUT2D eigenvalue weighted by Crippen LogP contribution is 2.50. The lowest BCUT2D eigenvalue weighted by Gasteiger charge is -2.37. The minimum Gasteiger partial charge on any atom is -0.438 e. The molecule has 222 valence electrons. The number of para-hydroxylation sites is 1. The molecule has 6 aromatic carbocycles. The Kier molecular flexibility index (Phi) is 8.41. The van der Waals surface area contributed by atoms with Gasteiger partial charge in [-0.1, -0.05) is 170 Å². The molecule has 1 aliphatic heterocycles. The van der Waals surface area contributed by atoms with E-state index < -0.39 is 12.8 Å². The first-order chi connectivity index (χ1) is 22.7. The average Bonchev–Trinajstić information content (AvgIpc) is 3.14. The molecular formula is C42H32NO2P. The Morgan fingerprint density at radius 3 is 1.41 bits per heavy atom. The van der Waals surface area contributed by atoms with Gasteiger partial charge in [-0.15, -0.1) is 0 Å². The van der Waals surface area contributed by atoms with Crippen molar-refractivity contribution in [2.24, 2.45) is 10.9 Å². The Balaban J connectivity index is 1.70. The highest BCUT2D eigenvalue weighted by Gasteiger charge is 2.42. The van der Waals surface area contributed by atoms with Crippen LogP contribution in [0.1, 0.15) is 15.9 Å². The molecule has 1 aliphatic rings. The fourth-order valence-electron chi connectivity index (χ4n) is 6.16. The van der Waals surface area contributed by atoms with Crippen molar-refractivity contribution in [3.8, 4) is 0 Å². The van der Waals surface area contributed by atoms with Crippen LogP contribution in [-0.2, 0) is 4.74 Å². The molecule has 7 rings (SSSR count). The van der Waals surface area contributed by atoms with Crippen LogP contribution in [0.15, 0.2) is 193 Å². The van der Waals surface area contributed by atoms with Crippen molar-refractivity contribution in [1.29, 1.82) is 0 Å². The molecule has 0 aromatic heterocycles. The summed E-state index contributed by atoms with van der Waals surface area (Å²) in [6.07, 6.45) is 2.01. The van der Waals surface area contributed by atoms with Gasteiger partial charge < -0.3 is 4.74 Å². The topological polar surface area (TPSA) is 38.7 Å². The summed E-state index contributed by atoms with van der Waals surface area (Å²) in [4.78, 5) is 20.2. The molecule has 0 amide bonds. The molecule has 0 spiro atoms. The van der Waals surface area contributed by atoms with Crippen LogP contribution in [0.25, 0.3) is 5.76 Å². The van der Waals surface area contributed by atoms with E-state index in [9.17, 15) is 4.79 Å². The number of rotatable bonds is 7. The van der Waals surface area contributed by atoms with E-state index in [4.69, 9.17) is 9.73 Å². The van der Waals surface area contributed by atoms with E-state index in [0.717, 1.165) is 32.5 Å². The van der Waals surface area contributed by atoms with Crippen molar-refractivity contribution in [2.75, 3.05) is 0 Å². The van der Waals surface area contributed by atoms with Crippen LogP contribution in [0.4, 0.5) is 5.69 Å². The summed E-state index contributed by atoms with van der Waals surface area (Å²) in [5.41, 5.74) is 2.28. The lowest BCUT2D eigenvalue weighted by molar-refractivity contribution is 0.0972. The molecule has 0 radical (unpaired) electrons. The standard InChI is InChI=1S/C42H32NO2P/c44-40(33-21-9-2-10-22-33)38-31-39(32-19-7-1-8-20-32)45-42(43-34-23-11-3-12-24-34)41(38)46(35-25-13-4-14-26-35,36-27-15-5-16-28-36)37-29-17-6-18-30-37/h1-31,38H. The Labute approximate surface area is 270 Å². The van der Waals surface area contributed by atoms with Crippen LogP contribution < -0.4 is 15.9 Å². The average molecular weight is 614 g/mol. The van der Waals surface area contributed by atoms with E-state index in [1.807, 2.05) is 115 Å². The van der Waals surface area contributed by atoms with Crippen LogP contribution in [0, 0.1) is 5.92 Å². The van der Waals surface area contributed by atoms with Crippen molar-refractivity contribution in [3.05, 3.63) is 199 Å². The number of hydrogen-bond acceptors (Lipinski definition) is 3. The van der Waals surface area contributed by atoms with E-state index in [0.29, 0.717) is 17.2 Å². The summed E-state index contributed by atoms with van der Waals surface area (Å²) in [5, 5.41) is 4.23. The van der Waals surface area contributed by atoms with Gasteiger partial charge in [-0.3, -0.25) is 4.79 Å². The molecule has 0 aliphatic carbocycles. The van der Waals surface area contributed by atoms with Gasteiger partial charge >= 0.3 is 0 Å². The number of hydrogen-bond donors (Lipinski definition) is 0. The zero-order valence-electron chi connectivity index (χ0n) is 25.2. The lowest BCUT2D eigenvalue weighted by Crippen LogP contribution is -2.42. The molecule has 1 unspecified atom stereocenters. The van der Waals surface area contributed by atoms with E-state index in [1.165, 1.54) is 0 Å². The third-order valence-electron chi connectivity index (χ3n) is 8.22. The Morgan fingerprint density at radius 2 is 0.935 bits per heavy atom. The molecule has 0 N–H and O–H groups in total. The molecular weight excluding hydrogens is 581 g/mol.